The molecule has 130 valence electrons. The van der Waals surface area contributed by atoms with Crippen molar-refractivity contribution in [1.29, 1.82) is 0 Å². The third-order valence-electron chi connectivity index (χ3n) is 4.31. The summed E-state index contributed by atoms with van der Waals surface area (Å²) in [5.74, 6) is -0.00117. The Bertz CT molecular complexity index is 596. The highest BCUT2D eigenvalue weighted by Gasteiger charge is 2.20. The maximum absolute atomic E-state index is 12.3. The Morgan fingerprint density at radius 3 is 2.46 bits per heavy atom. The number of rotatable bonds is 9. The molecule has 0 aliphatic rings. The number of amides is 1. The standard InChI is InChI=1S/C19H27N3OS/c1-3-22(4-2)18(16-10-11-24-14-16)13-21-19(23)12-17(20)15-8-6-5-7-9-15/h5-11,14,17-18H,3-4,12-13,20H2,1-2H3,(H,21,23). The number of carbonyl (C=O) groups is 1. The van der Waals surface area contributed by atoms with Crippen molar-refractivity contribution in [2.24, 2.45) is 5.73 Å². The average Bonchev–Trinajstić information content (AvgIpc) is 3.13. The van der Waals surface area contributed by atoms with E-state index in [2.05, 4.69) is 40.9 Å². The molecule has 4 nitrogen and oxygen atoms in total. The third kappa shape index (κ3) is 5.16. The second-order valence-corrected chi connectivity index (χ2v) is 6.60. The summed E-state index contributed by atoms with van der Waals surface area (Å²) in [5.41, 5.74) is 8.39. The first-order valence-corrected chi connectivity index (χ1v) is 9.43. The van der Waals surface area contributed by atoms with E-state index in [0.717, 1.165) is 18.7 Å². The summed E-state index contributed by atoms with van der Waals surface area (Å²) in [6.07, 6.45) is 0.304. The number of nitrogens with one attached hydrogen (secondary N) is 1. The van der Waals surface area contributed by atoms with Gasteiger partial charge in [0, 0.05) is 19.0 Å². The maximum Gasteiger partial charge on any atom is 0.221 e. The Morgan fingerprint density at radius 1 is 1.17 bits per heavy atom. The average molecular weight is 346 g/mol. The van der Waals surface area contributed by atoms with Gasteiger partial charge < -0.3 is 11.1 Å². The van der Waals surface area contributed by atoms with Gasteiger partial charge >= 0.3 is 0 Å². The Labute approximate surface area is 148 Å². The molecule has 0 bridgehead atoms. The molecule has 3 N–H and O–H groups in total. The molecule has 0 saturated heterocycles. The van der Waals surface area contributed by atoms with Crippen LogP contribution in [-0.4, -0.2) is 30.4 Å². The third-order valence-corrected chi connectivity index (χ3v) is 5.01. The van der Waals surface area contributed by atoms with Gasteiger partial charge in [0.1, 0.15) is 0 Å². The van der Waals surface area contributed by atoms with Crippen molar-refractivity contribution in [3.8, 4) is 0 Å². The second-order valence-electron chi connectivity index (χ2n) is 5.82. The lowest BCUT2D eigenvalue weighted by Gasteiger charge is -2.29. The van der Waals surface area contributed by atoms with Gasteiger partial charge in [0.25, 0.3) is 0 Å². The van der Waals surface area contributed by atoms with E-state index < -0.39 is 0 Å². The van der Waals surface area contributed by atoms with Crippen LogP contribution in [0.2, 0.25) is 0 Å². The van der Waals surface area contributed by atoms with Crippen LogP contribution < -0.4 is 11.1 Å². The van der Waals surface area contributed by atoms with Crippen LogP contribution in [0.5, 0.6) is 0 Å². The van der Waals surface area contributed by atoms with Gasteiger partial charge in [-0.25, -0.2) is 0 Å². The van der Waals surface area contributed by atoms with Gasteiger partial charge in [0.15, 0.2) is 0 Å². The predicted molar refractivity (Wildman–Crippen MR) is 101 cm³/mol. The SMILES string of the molecule is CCN(CC)C(CNC(=O)CC(N)c1ccccc1)c1ccsc1. The molecule has 2 atom stereocenters. The molecule has 0 aliphatic heterocycles. The van der Waals surface area contributed by atoms with Gasteiger partial charge in [0.2, 0.25) is 5.91 Å². The van der Waals surface area contributed by atoms with Crippen LogP contribution >= 0.6 is 11.3 Å². The molecule has 2 aromatic rings. The molecule has 1 amide bonds. The zero-order chi connectivity index (χ0) is 17.4. The smallest absolute Gasteiger partial charge is 0.221 e. The van der Waals surface area contributed by atoms with Gasteiger partial charge in [-0.2, -0.15) is 11.3 Å². The quantitative estimate of drug-likeness (QED) is 0.733. The monoisotopic (exact) mass is 345 g/mol. The van der Waals surface area contributed by atoms with Crippen LogP contribution in [0, 0.1) is 0 Å². The summed E-state index contributed by atoms with van der Waals surface area (Å²) in [6, 6.07) is 11.8. The predicted octanol–water partition coefficient (Wildman–Crippen LogP) is 3.34. The van der Waals surface area contributed by atoms with Crippen molar-refractivity contribution >= 4 is 17.2 Å². The fraction of sp³-hybridized carbons (Fsp3) is 0.421. The Kier molecular flexibility index (Phi) is 7.43. The molecule has 0 spiro atoms. The van der Waals surface area contributed by atoms with Crippen molar-refractivity contribution in [1.82, 2.24) is 10.2 Å². The summed E-state index contributed by atoms with van der Waals surface area (Å²) in [7, 11) is 0. The molecule has 2 rings (SSSR count). The van der Waals surface area contributed by atoms with Crippen molar-refractivity contribution in [2.75, 3.05) is 19.6 Å². The number of carbonyl (C=O) groups excluding carboxylic acids is 1. The van der Waals surface area contributed by atoms with Crippen molar-refractivity contribution in [3.05, 3.63) is 58.3 Å². The van der Waals surface area contributed by atoms with Crippen molar-refractivity contribution < 1.29 is 4.79 Å². The van der Waals surface area contributed by atoms with Crippen LogP contribution in [-0.2, 0) is 4.79 Å². The highest BCUT2D eigenvalue weighted by atomic mass is 32.1. The lowest BCUT2D eigenvalue weighted by Crippen LogP contribution is -2.38. The molecule has 0 fully saturated rings. The number of likely N-dealkylation sites (N-methyl/N-ethyl adjacent to an activating group) is 1. The Hall–Kier alpha value is -1.69. The van der Waals surface area contributed by atoms with E-state index in [1.165, 1.54) is 5.56 Å². The van der Waals surface area contributed by atoms with E-state index in [4.69, 9.17) is 5.73 Å². The van der Waals surface area contributed by atoms with E-state index >= 15 is 0 Å². The molecule has 24 heavy (non-hydrogen) atoms. The number of nitrogens with two attached hydrogens (primary N) is 1. The summed E-state index contributed by atoms with van der Waals surface area (Å²) < 4.78 is 0. The molecule has 5 heteroatoms. The minimum atomic E-state index is -0.265. The van der Waals surface area contributed by atoms with Crippen LogP contribution in [0.1, 0.15) is 43.5 Å². The van der Waals surface area contributed by atoms with E-state index in [9.17, 15) is 4.79 Å². The maximum atomic E-state index is 12.3. The molecular formula is C19H27N3OS. The summed E-state index contributed by atoms with van der Waals surface area (Å²) >= 11 is 1.69. The minimum absolute atomic E-state index is 0.00117. The molecule has 2 unspecified atom stereocenters. The van der Waals surface area contributed by atoms with Gasteiger partial charge in [-0.05, 0) is 41.0 Å². The second kappa shape index (κ2) is 9.57. The zero-order valence-corrected chi connectivity index (χ0v) is 15.3. The highest BCUT2D eigenvalue weighted by Crippen LogP contribution is 2.22. The van der Waals surface area contributed by atoms with Gasteiger partial charge in [-0.1, -0.05) is 44.2 Å². The molecule has 1 aromatic heterocycles. The molecule has 0 radical (unpaired) electrons. The first-order valence-electron chi connectivity index (χ1n) is 8.49. The van der Waals surface area contributed by atoms with Gasteiger partial charge in [0.05, 0.1) is 6.04 Å². The normalized spacial score (nSPS) is 13.7. The number of nitrogens with zero attached hydrogens (tertiary/aromatic N) is 1. The first-order chi connectivity index (χ1) is 11.7. The summed E-state index contributed by atoms with van der Waals surface area (Å²) in [6.45, 7) is 6.82. The zero-order valence-electron chi connectivity index (χ0n) is 14.4. The van der Waals surface area contributed by atoms with Gasteiger partial charge in [-0.3, -0.25) is 9.69 Å². The number of benzene rings is 1. The summed E-state index contributed by atoms with van der Waals surface area (Å²) in [4.78, 5) is 14.7. The lowest BCUT2D eigenvalue weighted by molar-refractivity contribution is -0.121. The van der Waals surface area contributed by atoms with E-state index in [0.29, 0.717) is 13.0 Å². The topological polar surface area (TPSA) is 58.4 Å². The van der Waals surface area contributed by atoms with Crippen LogP contribution in [0.15, 0.2) is 47.2 Å². The van der Waals surface area contributed by atoms with Crippen LogP contribution in [0.3, 0.4) is 0 Å². The van der Waals surface area contributed by atoms with Crippen molar-refractivity contribution in [3.63, 3.8) is 0 Å². The first kappa shape index (κ1) is 18.6. The number of hydrogen-bond acceptors (Lipinski definition) is 4. The van der Waals surface area contributed by atoms with Crippen LogP contribution in [0.4, 0.5) is 0 Å². The van der Waals surface area contributed by atoms with Gasteiger partial charge in [-0.15, -0.1) is 0 Å². The molecule has 0 aliphatic carbocycles. The van der Waals surface area contributed by atoms with E-state index in [1.54, 1.807) is 11.3 Å². The molecular weight excluding hydrogens is 318 g/mol. The molecule has 0 saturated carbocycles. The fourth-order valence-electron chi connectivity index (χ4n) is 2.89. The van der Waals surface area contributed by atoms with E-state index in [-0.39, 0.29) is 18.0 Å². The molecule has 1 aromatic carbocycles. The Morgan fingerprint density at radius 2 is 1.88 bits per heavy atom. The van der Waals surface area contributed by atoms with Crippen molar-refractivity contribution in [2.45, 2.75) is 32.4 Å². The minimum Gasteiger partial charge on any atom is -0.354 e. The summed E-state index contributed by atoms with van der Waals surface area (Å²) in [5, 5.41) is 7.30. The highest BCUT2D eigenvalue weighted by molar-refractivity contribution is 7.07. The largest absolute Gasteiger partial charge is 0.354 e. The Balaban J connectivity index is 1.92. The molecule has 1 heterocycles. The van der Waals surface area contributed by atoms with Crippen LogP contribution in [0.25, 0.3) is 0 Å². The number of thiophene rings is 1. The number of hydrogen-bond donors (Lipinski definition) is 2. The van der Waals surface area contributed by atoms with E-state index in [1.807, 2.05) is 30.3 Å². The fourth-order valence-corrected chi connectivity index (χ4v) is 3.59. The lowest BCUT2D eigenvalue weighted by atomic mass is 10.0.